The molecule has 1 unspecified atom stereocenters. The van der Waals surface area contributed by atoms with Gasteiger partial charge in [-0.25, -0.2) is 4.68 Å². The van der Waals surface area contributed by atoms with Crippen LogP contribution in [0, 0.1) is 11.8 Å². The molecule has 4 aliphatic heterocycles. The Kier molecular flexibility index (Phi) is 6.70. The minimum atomic E-state index is -0.991. The Balaban J connectivity index is 1.32. The summed E-state index contributed by atoms with van der Waals surface area (Å²) in [6, 6.07) is 15.6. The van der Waals surface area contributed by atoms with Crippen molar-refractivity contribution in [1.82, 2.24) is 24.8 Å². The van der Waals surface area contributed by atoms with Crippen LogP contribution in [0.5, 0.6) is 0 Å². The topological polar surface area (TPSA) is 112 Å². The van der Waals surface area contributed by atoms with Gasteiger partial charge in [-0.1, -0.05) is 66.8 Å². The monoisotopic (exact) mass is 598 g/mol. The number of nitrogens with zero attached hydrogens (tertiary/aromatic N) is 6. The molecule has 3 amide bonds. The molecular formula is C32H34N6O4S. The van der Waals surface area contributed by atoms with Crippen LogP contribution < -0.4 is 4.90 Å². The van der Waals surface area contributed by atoms with Gasteiger partial charge in [0.05, 0.1) is 34.7 Å². The van der Waals surface area contributed by atoms with E-state index in [1.807, 2.05) is 86.7 Å². The van der Waals surface area contributed by atoms with E-state index in [-0.39, 0.29) is 31.0 Å². The summed E-state index contributed by atoms with van der Waals surface area (Å²) in [7, 11) is 0. The second-order valence-corrected chi connectivity index (χ2v) is 13.6. The number of aliphatic hydroxyl groups excluding tert-OH is 1. The Morgan fingerprint density at radius 3 is 2.47 bits per heavy atom. The number of likely N-dealkylation sites (tertiary alicyclic amines) is 1. The number of aliphatic hydroxyl groups is 1. The molecule has 2 fully saturated rings. The van der Waals surface area contributed by atoms with Crippen molar-refractivity contribution in [3.8, 4) is 0 Å². The van der Waals surface area contributed by atoms with Crippen molar-refractivity contribution in [2.45, 2.75) is 48.5 Å². The smallest absolute Gasteiger partial charge is 0.248 e. The third-order valence-electron chi connectivity index (χ3n) is 9.45. The molecule has 11 heteroatoms. The van der Waals surface area contributed by atoms with E-state index in [2.05, 4.69) is 16.4 Å². The van der Waals surface area contributed by atoms with Crippen LogP contribution >= 0.6 is 11.8 Å². The molecule has 222 valence electrons. The van der Waals surface area contributed by atoms with Gasteiger partial charge in [-0.3, -0.25) is 14.4 Å². The van der Waals surface area contributed by atoms with Gasteiger partial charge in [0.2, 0.25) is 17.7 Å². The van der Waals surface area contributed by atoms with Crippen LogP contribution in [0.15, 0.2) is 78.9 Å². The molecule has 1 aromatic heterocycles. The highest BCUT2D eigenvalue weighted by Crippen LogP contribution is 2.66. The quantitative estimate of drug-likeness (QED) is 0.435. The molecule has 0 radical (unpaired) electrons. The Morgan fingerprint density at radius 2 is 1.70 bits per heavy atom. The summed E-state index contributed by atoms with van der Waals surface area (Å²) in [5.41, 5.74) is 2.30. The number of hydrogen-bond acceptors (Lipinski definition) is 7. The predicted octanol–water partition coefficient (Wildman–Crippen LogP) is 2.85. The summed E-state index contributed by atoms with van der Waals surface area (Å²) in [5, 5.41) is 19.0. The molecule has 4 aliphatic rings. The molecular weight excluding hydrogens is 564 g/mol. The van der Waals surface area contributed by atoms with Crippen LogP contribution in [0.25, 0.3) is 11.0 Å². The maximum absolute atomic E-state index is 14.7. The van der Waals surface area contributed by atoms with Gasteiger partial charge in [0, 0.05) is 23.5 Å². The molecule has 2 saturated heterocycles. The van der Waals surface area contributed by atoms with Gasteiger partial charge in [-0.15, -0.1) is 16.9 Å². The third-order valence-corrected chi connectivity index (χ3v) is 11.2. The first-order valence-corrected chi connectivity index (χ1v) is 15.6. The zero-order valence-electron chi connectivity index (χ0n) is 24.1. The normalized spacial score (nSPS) is 30.8. The standard InChI is InChI=1S/C32H34N6O4S/c1-3-21(19-39)38-27-30(42)35(20-37-24-14-8-7-13-23(24)33-34-37)17-10-16-32(27)26(29(38)41)25-28(40)36(22-11-5-4-6-12-22)18-9-15-31(25,2)43-32/h4-16,21,25-27,39H,3,17-20H2,1-2H3/t21-,25+,26-,27?,31-,32-/m0/s1. The van der Waals surface area contributed by atoms with E-state index >= 15 is 0 Å². The van der Waals surface area contributed by atoms with Crippen molar-refractivity contribution >= 4 is 46.2 Å². The maximum atomic E-state index is 14.7. The summed E-state index contributed by atoms with van der Waals surface area (Å²) in [6.07, 6.45) is 8.48. The van der Waals surface area contributed by atoms with Crippen LogP contribution in [0.2, 0.25) is 0 Å². The SMILES string of the molecule is CC[C@@H](CO)N1C(=O)[C@@H]2[C@@H]3C(=O)N(c4ccccc4)CC=C[C@]3(C)S[C@@]23C=CCN(Cn2nnc4ccccc42)C(=O)C13. The van der Waals surface area contributed by atoms with Gasteiger partial charge in [0.15, 0.2) is 0 Å². The Bertz CT molecular complexity index is 1650. The van der Waals surface area contributed by atoms with Gasteiger partial charge < -0.3 is 19.8 Å². The van der Waals surface area contributed by atoms with E-state index in [0.29, 0.717) is 19.5 Å². The van der Waals surface area contributed by atoms with Gasteiger partial charge in [-0.05, 0) is 37.6 Å². The van der Waals surface area contributed by atoms with Crippen molar-refractivity contribution in [3.05, 3.63) is 78.9 Å². The number of amides is 3. The first kappa shape index (κ1) is 27.8. The van der Waals surface area contributed by atoms with Crippen molar-refractivity contribution in [2.75, 3.05) is 24.6 Å². The second-order valence-electron chi connectivity index (χ2n) is 11.9. The highest BCUT2D eigenvalue weighted by molar-refractivity contribution is 8.02. The number of hydrogen-bond donors (Lipinski definition) is 1. The predicted molar refractivity (Wildman–Crippen MR) is 164 cm³/mol. The number of benzene rings is 2. The van der Waals surface area contributed by atoms with Gasteiger partial charge in [-0.2, -0.15) is 0 Å². The summed E-state index contributed by atoms with van der Waals surface area (Å²) >= 11 is 1.54. The number of carbonyl (C=O) groups excluding carboxylic acids is 3. The molecule has 3 aromatic rings. The van der Waals surface area contributed by atoms with Crippen molar-refractivity contribution in [2.24, 2.45) is 11.8 Å². The first-order chi connectivity index (χ1) is 20.8. The van der Waals surface area contributed by atoms with E-state index in [1.54, 1.807) is 31.1 Å². The van der Waals surface area contributed by atoms with Crippen LogP contribution in [-0.4, -0.2) is 88.9 Å². The van der Waals surface area contributed by atoms with Crippen LogP contribution in [0.1, 0.15) is 20.3 Å². The minimum absolute atomic E-state index is 0.130. The molecule has 10 nitrogen and oxygen atoms in total. The van der Waals surface area contributed by atoms with Gasteiger partial charge >= 0.3 is 0 Å². The third kappa shape index (κ3) is 4.08. The van der Waals surface area contributed by atoms with E-state index < -0.39 is 33.4 Å². The molecule has 0 saturated carbocycles. The number of aromatic nitrogens is 3. The largest absolute Gasteiger partial charge is 0.394 e. The molecule has 1 spiro atoms. The van der Waals surface area contributed by atoms with Crippen LogP contribution in [-0.2, 0) is 21.1 Å². The average molecular weight is 599 g/mol. The van der Waals surface area contributed by atoms with Gasteiger partial charge in [0.1, 0.15) is 18.2 Å². The molecule has 6 atom stereocenters. The van der Waals surface area contributed by atoms with Crippen molar-refractivity contribution in [1.29, 1.82) is 0 Å². The first-order valence-electron chi connectivity index (χ1n) is 14.7. The lowest BCUT2D eigenvalue weighted by Gasteiger charge is -2.39. The lowest BCUT2D eigenvalue weighted by molar-refractivity contribution is -0.146. The van der Waals surface area contributed by atoms with Gasteiger partial charge in [0.25, 0.3) is 0 Å². The zero-order valence-corrected chi connectivity index (χ0v) is 24.9. The number of rotatable bonds is 6. The lowest BCUT2D eigenvalue weighted by atomic mass is 9.74. The van der Waals surface area contributed by atoms with Crippen LogP contribution in [0.3, 0.4) is 0 Å². The zero-order chi connectivity index (χ0) is 29.9. The summed E-state index contributed by atoms with van der Waals surface area (Å²) in [4.78, 5) is 48.8. The number of carbonyl (C=O) groups is 3. The molecule has 2 aromatic carbocycles. The highest BCUT2D eigenvalue weighted by atomic mass is 32.2. The molecule has 7 rings (SSSR count). The van der Waals surface area contributed by atoms with Crippen molar-refractivity contribution in [3.63, 3.8) is 0 Å². The van der Waals surface area contributed by atoms with Crippen LogP contribution in [0.4, 0.5) is 5.69 Å². The molecule has 43 heavy (non-hydrogen) atoms. The van der Waals surface area contributed by atoms with E-state index in [9.17, 15) is 19.5 Å². The van der Waals surface area contributed by atoms with E-state index in [0.717, 1.165) is 16.7 Å². The Hall–Kier alpha value is -3.96. The fourth-order valence-electron chi connectivity index (χ4n) is 7.47. The number of thioether (sulfide) groups is 1. The van der Waals surface area contributed by atoms with E-state index in [1.165, 1.54) is 0 Å². The Morgan fingerprint density at radius 1 is 0.953 bits per heavy atom. The lowest BCUT2D eigenvalue weighted by Crippen LogP contribution is -2.56. The molecule has 0 bridgehead atoms. The average Bonchev–Trinajstić information content (AvgIpc) is 3.55. The summed E-state index contributed by atoms with van der Waals surface area (Å²) < 4.78 is -0.0127. The summed E-state index contributed by atoms with van der Waals surface area (Å²) in [5.74, 6) is -2.08. The fraction of sp³-hybridized carbons (Fsp3) is 0.406. The highest BCUT2D eigenvalue weighted by Gasteiger charge is 2.74. The Labute approximate surface area is 254 Å². The number of anilines is 1. The number of fused-ring (bicyclic) bond motifs is 3. The molecule has 5 heterocycles. The molecule has 0 aliphatic carbocycles. The molecule has 1 N–H and O–H groups in total. The minimum Gasteiger partial charge on any atom is -0.394 e. The fourth-order valence-corrected chi connectivity index (χ4v) is 9.61. The van der Waals surface area contributed by atoms with E-state index in [4.69, 9.17) is 0 Å². The van der Waals surface area contributed by atoms with Crippen molar-refractivity contribution < 1.29 is 19.5 Å². The second kappa shape index (κ2) is 10.3. The number of para-hydroxylation sites is 2. The summed E-state index contributed by atoms with van der Waals surface area (Å²) in [6.45, 7) is 4.52. The maximum Gasteiger partial charge on any atom is 0.248 e.